The number of rotatable bonds is 2. The lowest BCUT2D eigenvalue weighted by molar-refractivity contribution is 0.931. The van der Waals surface area contributed by atoms with Gasteiger partial charge in [-0.1, -0.05) is 42.0 Å². The summed E-state index contributed by atoms with van der Waals surface area (Å²) in [4.78, 5) is 0. The molecule has 0 fully saturated rings. The highest BCUT2D eigenvalue weighted by Crippen LogP contribution is 2.19. The Bertz CT molecular complexity index is 563. The zero-order valence-corrected chi connectivity index (χ0v) is 10.4. The molecule has 0 saturated heterocycles. The van der Waals surface area contributed by atoms with Crippen LogP contribution in [0.25, 0.3) is 0 Å². The molecule has 0 unspecified atom stereocenters. The van der Waals surface area contributed by atoms with E-state index in [0.717, 1.165) is 28.3 Å². The van der Waals surface area contributed by atoms with E-state index in [1.807, 2.05) is 37.3 Å². The van der Waals surface area contributed by atoms with Gasteiger partial charge in [0.25, 0.3) is 0 Å². The molecule has 16 heavy (non-hydrogen) atoms. The second kappa shape index (κ2) is 4.76. The predicted octanol–water partition coefficient (Wildman–Crippen LogP) is 3.69. The SMILES string of the molecule is Cc1n[nH]c(=S)cc1Cc1ccccc1Cl. The lowest BCUT2D eigenvalue weighted by Crippen LogP contribution is -1.97. The summed E-state index contributed by atoms with van der Waals surface area (Å²) in [6.45, 7) is 1.96. The summed E-state index contributed by atoms with van der Waals surface area (Å²) in [5, 5.41) is 7.68. The molecule has 0 atom stereocenters. The smallest absolute Gasteiger partial charge is 0.119 e. The van der Waals surface area contributed by atoms with Gasteiger partial charge in [0.1, 0.15) is 4.64 Å². The first-order chi connectivity index (χ1) is 7.66. The number of hydrogen-bond donors (Lipinski definition) is 1. The van der Waals surface area contributed by atoms with Crippen molar-refractivity contribution >= 4 is 23.8 Å². The first-order valence-electron chi connectivity index (χ1n) is 4.95. The zero-order chi connectivity index (χ0) is 11.5. The highest BCUT2D eigenvalue weighted by molar-refractivity contribution is 7.71. The van der Waals surface area contributed by atoms with E-state index in [4.69, 9.17) is 23.8 Å². The first kappa shape index (κ1) is 11.3. The number of nitrogens with one attached hydrogen (secondary N) is 1. The van der Waals surface area contributed by atoms with Gasteiger partial charge in [-0.2, -0.15) is 5.10 Å². The molecule has 2 nitrogen and oxygen atoms in total. The summed E-state index contributed by atoms with van der Waals surface area (Å²) in [6, 6.07) is 9.74. The molecule has 1 N–H and O–H groups in total. The number of halogens is 1. The topological polar surface area (TPSA) is 28.7 Å². The number of aromatic amines is 1. The van der Waals surface area contributed by atoms with Crippen molar-refractivity contribution < 1.29 is 0 Å². The molecule has 1 aromatic heterocycles. The zero-order valence-electron chi connectivity index (χ0n) is 8.83. The van der Waals surface area contributed by atoms with Crippen molar-refractivity contribution in [1.82, 2.24) is 10.2 Å². The fraction of sp³-hybridized carbons (Fsp3) is 0.167. The molecule has 4 heteroatoms. The predicted molar refractivity (Wildman–Crippen MR) is 68.4 cm³/mol. The summed E-state index contributed by atoms with van der Waals surface area (Å²) in [5.41, 5.74) is 3.15. The van der Waals surface area contributed by atoms with Crippen molar-refractivity contribution in [1.29, 1.82) is 0 Å². The van der Waals surface area contributed by atoms with Gasteiger partial charge in [0, 0.05) is 11.4 Å². The molecule has 1 aromatic carbocycles. The number of aromatic nitrogens is 2. The summed E-state index contributed by atoms with van der Waals surface area (Å²) in [7, 11) is 0. The normalized spacial score (nSPS) is 10.4. The van der Waals surface area contributed by atoms with Crippen molar-refractivity contribution in [2.24, 2.45) is 0 Å². The van der Waals surface area contributed by atoms with Gasteiger partial charge >= 0.3 is 0 Å². The van der Waals surface area contributed by atoms with Crippen LogP contribution >= 0.6 is 23.8 Å². The van der Waals surface area contributed by atoms with Crippen LogP contribution in [-0.4, -0.2) is 10.2 Å². The largest absolute Gasteiger partial charge is 0.268 e. The van der Waals surface area contributed by atoms with Crippen molar-refractivity contribution in [3.8, 4) is 0 Å². The quantitative estimate of drug-likeness (QED) is 0.824. The number of aryl methyl sites for hydroxylation is 1. The average molecular weight is 251 g/mol. The molecule has 2 aromatic rings. The summed E-state index contributed by atoms with van der Waals surface area (Å²) in [6.07, 6.45) is 0.761. The van der Waals surface area contributed by atoms with Crippen LogP contribution in [-0.2, 0) is 6.42 Å². The Kier molecular flexibility index (Phi) is 3.36. The second-order valence-electron chi connectivity index (χ2n) is 3.61. The molecular formula is C12H11ClN2S. The van der Waals surface area contributed by atoms with Gasteiger partial charge in [0.15, 0.2) is 0 Å². The van der Waals surface area contributed by atoms with Gasteiger partial charge in [-0.25, -0.2) is 0 Å². The Hall–Kier alpha value is -1.19. The Morgan fingerprint density at radius 1 is 1.31 bits per heavy atom. The first-order valence-corrected chi connectivity index (χ1v) is 5.74. The van der Waals surface area contributed by atoms with Gasteiger partial charge in [0.05, 0.1) is 5.69 Å². The maximum atomic E-state index is 6.11. The maximum absolute atomic E-state index is 6.11. The van der Waals surface area contributed by atoms with Gasteiger partial charge in [-0.3, -0.25) is 5.10 Å². The van der Waals surface area contributed by atoms with Crippen molar-refractivity contribution in [2.45, 2.75) is 13.3 Å². The van der Waals surface area contributed by atoms with E-state index in [1.165, 1.54) is 0 Å². The molecule has 0 amide bonds. The Labute approximate surface area is 104 Å². The fourth-order valence-electron chi connectivity index (χ4n) is 1.53. The Balaban J connectivity index is 2.38. The van der Waals surface area contributed by atoms with E-state index in [-0.39, 0.29) is 0 Å². The van der Waals surface area contributed by atoms with E-state index >= 15 is 0 Å². The lowest BCUT2D eigenvalue weighted by atomic mass is 10.0. The molecule has 0 aliphatic rings. The van der Waals surface area contributed by atoms with Crippen molar-refractivity contribution in [3.63, 3.8) is 0 Å². The third kappa shape index (κ3) is 2.49. The molecule has 0 bridgehead atoms. The van der Waals surface area contributed by atoms with E-state index in [0.29, 0.717) is 4.64 Å². The van der Waals surface area contributed by atoms with Crippen molar-refractivity contribution in [2.75, 3.05) is 0 Å². The Morgan fingerprint density at radius 2 is 2.06 bits per heavy atom. The van der Waals surface area contributed by atoms with Crippen LogP contribution in [0.15, 0.2) is 30.3 Å². The maximum Gasteiger partial charge on any atom is 0.119 e. The van der Waals surface area contributed by atoms with Gasteiger partial charge in [-0.05, 0) is 30.2 Å². The van der Waals surface area contributed by atoms with Crippen LogP contribution < -0.4 is 0 Å². The van der Waals surface area contributed by atoms with Crippen LogP contribution in [0, 0.1) is 11.6 Å². The molecule has 0 radical (unpaired) electrons. The van der Waals surface area contributed by atoms with Crippen molar-refractivity contribution in [3.05, 3.63) is 56.8 Å². The van der Waals surface area contributed by atoms with Crippen LogP contribution in [0.5, 0.6) is 0 Å². The van der Waals surface area contributed by atoms with E-state index in [9.17, 15) is 0 Å². The van der Waals surface area contributed by atoms with Crippen LogP contribution in [0.3, 0.4) is 0 Å². The number of hydrogen-bond acceptors (Lipinski definition) is 2. The highest BCUT2D eigenvalue weighted by atomic mass is 35.5. The molecule has 82 valence electrons. The molecule has 1 heterocycles. The summed E-state index contributed by atoms with van der Waals surface area (Å²) in [5.74, 6) is 0. The fourth-order valence-corrected chi connectivity index (χ4v) is 1.92. The van der Waals surface area contributed by atoms with E-state index in [2.05, 4.69) is 10.2 Å². The molecule has 0 saturated carbocycles. The standard InChI is InChI=1S/C12H11ClN2S/c1-8-10(7-12(16)15-14-8)6-9-4-2-3-5-11(9)13/h2-5,7H,6H2,1H3,(H,15,16). The number of nitrogens with zero attached hydrogens (tertiary/aromatic N) is 1. The second-order valence-corrected chi connectivity index (χ2v) is 4.46. The highest BCUT2D eigenvalue weighted by Gasteiger charge is 2.04. The summed E-state index contributed by atoms with van der Waals surface area (Å²) < 4.78 is 0.646. The average Bonchev–Trinajstić information content (AvgIpc) is 2.27. The number of H-pyrrole nitrogens is 1. The minimum Gasteiger partial charge on any atom is -0.268 e. The minimum absolute atomic E-state index is 0.646. The van der Waals surface area contributed by atoms with Crippen LogP contribution in [0.2, 0.25) is 5.02 Å². The van der Waals surface area contributed by atoms with Gasteiger partial charge in [-0.15, -0.1) is 0 Å². The monoisotopic (exact) mass is 250 g/mol. The van der Waals surface area contributed by atoms with E-state index < -0.39 is 0 Å². The van der Waals surface area contributed by atoms with Crippen LogP contribution in [0.4, 0.5) is 0 Å². The lowest BCUT2D eigenvalue weighted by Gasteiger charge is -2.06. The molecule has 0 aliphatic carbocycles. The van der Waals surface area contributed by atoms with Gasteiger partial charge < -0.3 is 0 Å². The molecule has 0 aliphatic heterocycles. The Morgan fingerprint density at radius 3 is 2.81 bits per heavy atom. The molecular weight excluding hydrogens is 240 g/mol. The molecule has 0 spiro atoms. The van der Waals surface area contributed by atoms with E-state index in [1.54, 1.807) is 0 Å². The third-order valence-electron chi connectivity index (χ3n) is 2.44. The summed E-state index contributed by atoms with van der Waals surface area (Å²) >= 11 is 11.2. The number of benzene rings is 1. The van der Waals surface area contributed by atoms with Crippen LogP contribution in [0.1, 0.15) is 16.8 Å². The van der Waals surface area contributed by atoms with Gasteiger partial charge in [0.2, 0.25) is 0 Å². The third-order valence-corrected chi connectivity index (χ3v) is 3.02. The molecule has 2 rings (SSSR count). The minimum atomic E-state index is 0.646.